The van der Waals surface area contributed by atoms with Gasteiger partial charge in [0, 0.05) is 26.2 Å². The number of rotatable bonds is 5. The van der Waals surface area contributed by atoms with Gasteiger partial charge in [0.25, 0.3) is 0 Å². The molecule has 0 saturated carbocycles. The summed E-state index contributed by atoms with van der Waals surface area (Å²) in [6, 6.07) is 8.69. The molecule has 1 atom stereocenters. The van der Waals surface area contributed by atoms with Crippen LogP contribution >= 0.6 is 0 Å². The maximum atomic E-state index is 13.2. The third-order valence-electron chi connectivity index (χ3n) is 5.47. The lowest BCUT2D eigenvalue weighted by Crippen LogP contribution is -2.58. The number of carbonyl (C=O) groups is 3. The first-order chi connectivity index (χ1) is 14.0. The van der Waals surface area contributed by atoms with E-state index in [9.17, 15) is 14.4 Å². The number of carbonyl (C=O) groups excluding carboxylic acids is 2. The molecule has 0 radical (unpaired) electrons. The lowest BCUT2D eigenvalue weighted by atomic mass is 9.89. The topological polar surface area (TPSA) is 111 Å². The van der Waals surface area contributed by atoms with Crippen molar-refractivity contribution in [3.63, 3.8) is 0 Å². The number of ether oxygens (including phenoxy) is 1. The third-order valence-corrected chi connectivity index (χ3v) is 5.47. The van der Waals surface area contributed by atoms with E-state index >= 15 is 0 Å². The highest BCUT2D eigenvalue weighted by molar-refractivity contribution is 5.86. The summed E-state index contributed by atoms with van der Waals surface area (Å²) < 4.78 is 5.31. The summed E-state index contributed by atoms with van der Waals surface area (Å²) >= 11 is 0. The van der Waals surface area contributed by atoms with E-state index in [4.69, 9.17) is 9.84 Å². The number of nitrogens with one attached hydrogen (secondary N) is 2. The zero-order valence-corrected chi connectivity index (χ0v) is 16.4. The second-order valence-electron chi connectivity index (χ2n) is 7.37. The highest BCUT2D eigenvalue weighted by atomic mass is 16.5. The van der Waals surface area contributed by atoms with Gasteiger partial charge in [0.15, 0.2) is 0 Å². The van der Waals surface area contributed by atoms with Gasteiger partial charge in [0.2, 0.25) is 5.91 Å². The highest BCUT2D eigenvalue weighted by Gasteiger charge is 2.35. The van der Waals surface area contributed by atoms with E-state index in [1.807, 2.05) is 30.3 Å². The molecule has 0 spiro atoms. The Morgan fingerprint density at radius 1 is 1.07 bits per heavy atom. The molecule has 29 heavy (non-hydrogen) atoms. The molecule has 158 valence electrons. The van der Waals surface area contributed by atoms with Crippen LogP contribution in [0.4, 0.5) is 9.59 Å². The van der Waals surface area contributed by atoms with Crippen LogP contribution in [-0.4, -0.2) is 78.3 Å². The van der Waals surface area contributed by atoms with Crippen LogP contribution in [-0.2, 0) is 16.1 Å². The molecule has 0 bridgehead atoms. The van der Waals surface area contributed by atoms with Crippen molar-refractivity contribution in [1.29, 1.82) is 0 Å². The molecule has 0 aliphatic carbocycles. The molecule has 0 unspecified atom stereocenters. The van der Waals surface area contributed by atoms with Crippen LogP contribution in [0, 0.1) is 5.92 Å². The number of nitrogens with zero attached hydrogens (tertiary/aromatic N) is 2. The van der Waals surface area contributed by atoms with Crippen LogP contribution in [0.25, 0.3) is 0 Å². The zero-order valence-electron chi connectivity index (χ0n) is 16.4. The smallest absolute Gasteiger partial charge is 0.408 e. The van der Waals surface area contributed by atoms with Gasteiger partial charge in [-0.15, -0.1) is 0 Å². The molecule has 1 aromatic carbocycles. The van der Waals surface area contributed by atoms with Gasteiger partial charge in [-0.1, -0.05) is 30.3 Å². The van der Waals surface area contributed by atoms with Crippen LogP contribution in [0.15, 0.2) is 30.3 Å². The Morgan fingerprint density at radius 3 is 2.31 bits per heavy atom. The summed E-state index contributed by atoms with van der Waals surface area (Å²) in [4.78, 5) is 39.6. The predicted octanol–water partition coefficient (Wildman–Crippen LogP) is 1.10. The minimum Gasteiger partial charge on any atom is -0.465 e. The van der Waals surface area contributed by atoms with Crippen molar-refractivity contribution in [2.24, 2.45) is 5.92 Å². The molecule has 3 rings (SSSR count). The number of piperazine rings is 1. The number of alkyl carbamates (subject to hydrolysis) is 1. The summed E-state index contributed by atoms with van der Waals surface area (Å²) in [5.74, 6) is -0.149. The molecule has 3 amide bonds. The van der Waals surface area contributed by atoms with E-state index in [0.29, 0.717) is 13.1 Å². The molecule has 0 aromatic heterocycles. The van der Waals surface area contributed by atoms with Crippen LogP contribution in [0.3, 0.4) is 0 Å². The average molecular weight is 404 g/mol. The maximum absolute atomic E-state index is 13.2. The van der Waals surface area contributed by atoms with Crippen LogP contribution in [0.2, 0.25) is 0 Å². The monoisotopic (exact) mass is 404 g/mol. The molecule has 9 heteroatoms. The van der Waals surface area contributed by atoms with E-state index < -0.39 is 18.2 Å². The lowest BCUT2D eigenvalue weighted by molar-refractivity contribution is -0.136. The molecule has 2 heterocycles. The molecular weight excluding hydrogens is 376 g/mol. The fourth-order valence-corrected chi connectivity index (χ4v) is 3.77. The Hall–Kier alpha value is -2.81. The Morgan fingerprint density at radius 2 is 1.69 bits per heavy atom. The first kappa shape index (κ1) is 20.9. The predicted molar refractivity (Wildman–Crippen MR) is 105 cm³/mol. The summed E-state index contributed by atoms with van der Waals surface area (Å²) in [6.07, 6.45) is -0.0286. The van der Waals surface area contributed by atoms with Gasteiger partial charge in [-0.25, -0.2) is 9.59 Å². The van der Waals surface area contributed by atoms with Gasteiger partial charge in [-0.2, -0.15) is 0 Å². The molecule has 2 aliphatic rings. The standard InChI is InChI=1S/C20H28N4O5/c25-18(23-10-12-24(13-11-23)20(27)28)17(16-6-8-21-9-7-16)22-19(26)29-14-15-4-2-1-3-5-15/h1-5,16-17,21H,6-14H2,(H,22,26)(H,27,28)/t17-/m1/s1. The van der Waals surface area contributed by atoms with E-state index in [1.54, 1.807) is 4.90 Å². The Balaban J connectivity index is 1.60. The summed E-state index contributed by atoms with van der Waals surface area (Å²) in [5.41, 5.74) is 0.872. The van der Waals surface area contributed by atoms with Crippen LogP contribution < -0.4 is 10.6 Å². The fraction of sp³-hybridized carbons (Fsp3) is 0.550. The highest BCUT2D eigenvalue weighted by Crippen LogP contribution is 2.19. The van der Waals surface area contributed by atoms with Gasteiger partial charge < -0.3 is 30.3 Å². The number of benzene rings is 1. The first-order valence-corrected chi connectivity index (χ1v) is 9.99. The van der Waals surface area contributed by atoms with Crippen molar-refractivity contribution in [3.8, 4) is 0 Å². The first-order valence-electron chi connectivity index (χ1n) is 9.99. The van der Waals surface area contributed by atoms with Gasteiger partial charge in [-0.05, 0) is 37.4 Å². The van der Waals surface area contributed by atoms with Crippen molar-refractivity contribution in [2.75, 3.05) is 39.3 Å². The summed E-state index contributed by atoms with van der Waals surface area (Å²) in [5, 5.41) is 15.1. The number of hydrogen-bond acceptors (Lipinski definition) is 5. The van der Waals surface area contributed by atoms with Gasteiger partial charge >= 0.3 is 12.2 Å². The normalized spacial score (nSPS) is 18.8. The molecule has 9 nitrogen and oxygen atoms in total. The second-order valence-corrected chi connectivity index (χ2v) is 7.37. The van der Waals surface area contributed by atoms with Crippen molar-refractivity contribution in [3.05, 3.63) is 35.9 Å². The van der Waals surface area contributed by atoms with Crippen molar-refractivity contribution in [2.45, 2.75) is 25.5 Å². The molecule has 2 aliphatic heterocycles. The van der Waals surface area contributed by atoms with Gasteiger partial charge in [-0.3, -0.25) is 4.79 Å². The van der Waals surface area contributed by atoms with Crippen molar-refractivity contribution < 1.29 is 24.2 Å². The van der Waals surface area contributed by atoms with E-state index in [2.05, 4.69) is 10.6 Å². The Bertz CT molecular complexity index is 700. The summed E-state index contributed by atoms with van der Waals surface area (Å²) in [6.45, 7) is 2.93. The maximum Gasteiger partial charge on any atom is 0.408 e. The minimum absolute atomic E-state index is 0.0190. The Labute approximate surface area is 170 Å². The molecular formula is C20H28N4O5. The summed E-state index contributed by atoms with van der Waals surface area (Å²) in [7, 11) is 0. The number of amides is 3. The molecule has 2 saturated heterocycles. The van der Waals surface area contributed by atoms with Gasteiger partial charge in [0.05, 0.1) is 0 Å². The molecule has 3 N–H and O–H groups in total. The molecule has 1 aromatic rings. The van der Waals surface area contributed by atoms with E-state index in [-0.39, 0.29) is 31.5 Å². The van der Waals surface area contributed by atoms with E-state index in [0.717, 1.165) is 31.5 Å². The minimum atomic E-state index is -0.977. The van der Waals surface area contributed by atoms with E-state index in [1.165, 1.54) is 4.90 Å². The largest absolute Gasteiger partial charge is 0.465 e. The quantitative estimate of drug-likeness (QED) is 0.678. The number of hydrogen-bond donors (Lipinski definition) is 3. The second kappa shape index (κ2) is 10.1. The van der Waals surface area contributed by atoms with Crippen LogP contribution in [0.1, 0.15) is 18.4 Å². The third kappa shape index (κ3) is 5.83. The fourth-order valence-electron chi connectivity index (χ4n) is 3.77. The average Bonchev–Trinajstić information content (AvgIpc) is 2.77. The Kier molecular flexibility index (Phi) is 7.29. The zero-order chi connectivity index (χ0) is 20.6. The SMILES string of the molecule is O=C(N[C@@H](C(=O)N1CCN(C(=O)O)CC1)C1CCNCC1)OCc1ccccc1. The van der Waals surface area contributed by atoms with Crippen molar-refractivity contribution in [1.82, 2.24) is 20.4 Å². The van der Waals surface area contributed by atoms with Crippen molar-refractivity contribution >= 4 is 18.1 Å². The lowest BCUT2D eigenvalue weighted by Gasteiger charge is -2.38. The van der Waals surface area contributed by atoms with Gasteiger partial charge in [0.1, 0.15) is 12.6 Å². The molecule has 2 fully saturated rings. The number of carboxylic acid groups (broad SMARTS) is 1. The number of piperidine rings is 1. The van der Waals surface area contributed by atoms with Crippen LogP contribution in [0.5, 0.6) is 0 Å².